The third kappa shape index (κ3) is 4.16. The molecule has 0 unspecified atom stereocenters. The molecule has 172 valence electrons. The first-order chi connectivity index (χ1) is 17.8. The Morgan fingerprint density at radius 1 is 0.361 bits per heavy atom. The Hall–Kier alpha value is -4.62. The predicted octanol–water partition coefficient (Wildman–Crippen LogP) is 9.95. The molecule has 0 atom stereocenters. The number of hydrogen-bond acceptors (Lipinski definition) is 1. The van der Waals surface area contributed by atoms with Gasteiger partial charge in [0.25, 0.3) is 0 Å². The van der Waals surface area contributed by atoms with Crippen LogP contribution < -0.4 is 4.90 Å². The monoisotopic (exact) mass is 461 g/mol. The molecule has 6 aromatic rings. The highest BCUT2D eigenvalue weighted by atomic mass is 15.1. The Morgan fingerprint density at radius 3 is 1.47 bits per heavy atom. The third-order valence-corrected chi connectivity index (χ3v) is 6.83. The SMILES string of the molecule is Cc1ccc(-c2ccc(N(c3ccccc3)c3ccc(-c4ccccc4)cc3)cc2)c2ccccc12. The summed E-state index contributed by atoms with van der Waals surface area (Å²) in [5, 5.41) is 2.60. The first-order valence-corrected chi connectivity index (χ1v) is 12.4. The van der Waals surface area contributed by atoms with E-state index >= 15 is 0 Å². The maximum atomic E-state index is 2.31. The van der Waals surface area contributed by atoms with E-state index in [4.69, 9.17) is 0 Å². The normalized spacial score (nSPS) is 10.9. The summed E-state index contributed by atoms with van der Waals surface area (Å²) in [5.41, 5.74) is 9.64. The van der Waals surface area contributed by atoms with Crippen molar-refractivity contribution in [2.45, 2.75) is 6.92 Å². The minimum Gasteiger partial charge on any atom is -0.311 e. The third-order valence-electron chi connectivity index (χ3n) is 6.83. The van der Waals surface area contributed by atoms with Crippen LogP contribution in [-0.2, 0) is 0 Å². The lowest BCUT2D eigenvalue weighted by molar-refractivity contribution is 1.28. The zero-order valence-corrected chi connectivity index (χ0v) is 20.3. The molecule has 0 aliphatic heterocycles. The molecular weight excluding hydrogens is 434 g/mol. The van der Waals surface area contributed by atoms with Gasteiger partial charge in [0.05, 0.1) is 0 Å². The van der Waals surface area contributed by atoms with Gasteiger partial charge in [0.1, 0.15) is 0 Å². The molecule has 1 heteroatoms. The van der Waals surface area contributed by atoms with Crippen molar-refractivity contribution in [3.8, 4) is 22.3 Å². The molecule has 1 nitrogen and oxygen atoms in total. The van der Waals surface area contributed by atoms with Crippen LogP contribution in [0.4, 0.5) is 17.1 Å². The van der Waals surface area contributed by atoms with Crippen molar-refractivity contribution in [2.24, 2.45) is 0 Å². The van der Waals surface area contributed by atoms with E-state index in [2.05, 4.69) is 157 Å². The number of rotatable bonds is 5. The lowest BCUT2D eigenvalue weighted by Crippen LogP contribution is -2.09. The molecule has 6 rings (SSSR count). The molecule has 6 aromatic carbocycles. The van der Waals surface area contributed by atoms with Crippen LogP contribution in [0.5, 0.6) is 0 Å². The van der Waals surface area contributed by atoms with E-state index in [0.717, 1.165) is 17.1 Å². The van der Waals surface area contributed by atoms with Gasteiger partial charge in [0.15, 0.2) is 0 Å². The maximum Gasteiger partial charge on any atom is 0.0462 e. The lowest BCUT2D eigenvalue weighted by Gasteiger charge is -2.26. The fourth-order valence-corrected chi connectivity index (χ4v) is 4.95. The summed E-state index contributed by atoms with van der Waals surface area (Å²) in [7, 11) is 0. The highest BCUT2D eigenvalue weighted by molar-refractivity contribution is 5.98. The predicted molar refractivity (Wildman–Crippen MR) is 154 cm³/mol. The van der Waals surface area contributed by atoms with E-state index in [-0.39, 0.29) is 0 Å². The van der Waals surface area contributed by atoms with Gasteiger partial charge in [-0.25, -0.2) is 0 Å². The van der Waals surface area contributed by atoms with E-state index in [1.807, 2.05) is 0 Å². The van der Waals surface area contributed by atoms with Crippen LogP contribution in [-0.4, -0.2) is 0 Å². The molecule has 0 aromatic heterocycles. The van der Waals surface area contributed by atoms with Crippen molar-refractivity contribution in [2.75, 3.05) is 4.90 Å². The molecule has 0 saturated heterocycles. The molecule has 0 amide bonds. The van der Waals surface area contributed by atoms with Gasteiger partial charge in [0, 0.05) is 17.1 Å². The highest BCUT2D eigenvalue weighted by Gasteiger charge is 2.13. The van der Waals surface area contributed by atoms with Crippen molar-refractivity contribution in [3.05, 3.63) is 151 Å². The van der Waals surface area contributed by atoms with Crippen molar-refractivity contribution in [3.63, 3.8) is 0 Å². The van der Waals surface area contributed by atoms with Gasteiger partial charge < -0.3 is 4.90 Å². The van der Waals surface area contributed by atoms with Crippen LogP contribution in [0.25, 0.3) is 33.0 Å². The molecule has 0 aliphatic rings. The van der Waals surface area contributed by atoms with Crippen molar-refractivity contribution >= 4 is 27.8 Å². The zero-order valence-electron chi connectivity index (χ0n) is 20.3. The highest BCUT2D eigenvalue weighted by Crippen LogP contribution is 2.37. The van der Waals surface area contributed by atoms with Crippen LogP contribution in [0.2, 0.25) is 0 Å². The van der Waals surface area contributed by atoms with Gasteiger partial charge in [-0.1, -0.05) is 109 Å². The Labute approximate surface area is 212 Å². The first-order valence-electron chi connectivity index (χ1n) is 12.4. The maximum absolute atomic E-state index is 2.31. The first kappa shape index (κ1) is 21.9. The van der Waals surface area contributed by atoms with E-state index in [1.54, 1.807) is 0 Å². The smallest absolute Gasteiger partial charge is 0.0462 e. The zero-order chi connectivity index (χ0) is 24.3. The molecule has 0 heterocycles. The van der Waals surface area contributed by atoms with E-state index < -0.39 is 0 Å². The summed E-state index contributed by atoms with van der Waals surface area (Å²) in [5.74, 6) is 0. The van der Waals surface area contributed by atoms with Gasteiger partial charge in [-0.15, -0.1) is 0 Å². The number of fused-ring (bicyclic) bond motifs is 1. The molecule has 0 saturated carbocycles. The summed E-state index contributed by atoms with van der Waals surface area (Å²) in [6.45, 7) is 2.18. The summed E-state index contributed by atoms with van der Waals surface area (Å²) in [6.07, 6.45) is 0. The van der Waals surface area contributed by atoms with Crippen LogP contribution in [0.3, 0.4) is 0 Å². The van der Waals surface area contributed by atoms with Crippen LogP contribution >= 0.6 is 0 Å². The Balaban J connectivity index is 1.40. The summed E-state index contributed by atoms with van der Waals surface area (Å²) in [6, 6.07) is 51.9. The minimum absolute atomic E-state index is 1.13. The molecule has 0 fully saturated rings. The average Bonchev–Trinajstić information content (AvgIpc) is 2.96. The second kappa shape index (κ2) is 9.56. The van der Waals surface area contributed by atoms with Crippen LogP contribution in [0.15, 0.2) is 146 Å². The van der Waals surface area contributed by atoms with Gasteiger partial charge in [-0.2, -0.15) is 0 Å². The number of aryl methyl sites for hydroxylation is 1. The minimum atomic E-state index is 1.13. The Bertz CT molecular complexity index is 1600. The Morgan fingerprint density at radius 2 is 0.833 bits per heavy atom. The van der Waals surface area contributed by atoms with Gasteiger partial charge in [0.2, 0.25) is 0 Å². The number of anilines is 3. The van der Waals surface area contributed by atoms with Gasteiger partial charge >= 0.3 is 0 Å². The second-order valence-corrected chi connectivity index (χ2v) is 9.11. The summed E-state index contributed by atoms with van der Waals surface area (Å²) < 4.78 is 0. The standard InChI is InChI=1S/C35H27N/c1-26-16-25-34(35-15-9-8-14-33(26)35)29-19-23-32(24-20-29)36(30-12-6-3-7-13-30)31-21-17-28(18-22-31)27-10-4-2-5-11-27/h2-25H,1H3. The topological polar surface area (TPSA) is 3.24 Å². The quantitative estimate of drug-likeness (QED) is 0.247. The lowest BCUT2D eigenvalue weighted by atomic mass is 9.95. The molecule has 0 N–H and O–H groups in total. The number of nitrogens with zero attached hydrogens (tertiary/aromatic N) is 1. The van der Waals surface area contributed by atoms with Crippen LogP contribution in [0.1, 0.15) is 5.56 Å². The average molecular weight is 462 g/mol. The summed E-state index contributed by atoms with van der Waals surface area (Å²) in [4.78, 5) is 2.31. The van der Waals surface area contributed by atoms with Crippen molar-refractivity contribution < 1.29 is 0 Å². The largest absolute Gasteiger partial charge is 0.311 e. The molecule has 36 heavy (non-hydrogen) atoms. The molecular formula is C35H27N. The van der Waals surface area contributed by atoms with E-state index in [1.165, 1.54) is 38.6 Å². The van der Waals surface area contributed by atoms with E-state index in [0.29, 0.717) is 0 Å². The van der Waals surface area contributed by atoms with Crippen molar-refractivity contribution in [1.82, 2.24) is 0 Å². The van der Waals surface area contributed by atoms with Crippen LogP contribution in [0, 0.1) is 6.92 Å². The summed E-state index contributed by atoms with van der Waals surface area (Å²) >= 11 is 0. The second-order valence-electron chi connectivity index (χ2n) is 9.11. The fourth-order valence-electron chi connectivity index (χ4n) is 4.95. The van der Waals surface area contributed by atoms with Crippen molar-refractivity contribution in [1.29, 1.82) is 0 Å². The fraction of sp³-hybridized carbons (Fsp3) is 0.0286. The molecule has 0 spiro atoms. The molecule has 0 bridgehead atoms. The number of hydrogen-bond donors (Lipinski definition) is 0. The Kier molecular flexibility index (Phi) is 5.81. The van der Waals surface area contributed by atoms with Gasteiger partial charge in [-0.3, -0.25) is 0 Å². The number of benzene rings is 6. The molecule has 0 radical (unpaired) electrons. The molecule has 0 aliphatic carbocycles. The van der Waals surface area contributed by atoms with Gasteiger partial charge in [-0.05, 0) is 81.9 Å². The van der Waals surface area contributed by atoms with E-state index in [9.17, 15) is 0 Å². The number of para-hydroxylation sites is 1.